The molecular formula is C44H54N8O5. The zero-order valence-corrected chi connectivity index (χ0v) is 33.7. The highest BCUT2D eigenvalue weighted by atomic mass is 16.5. The molecule has 5 aromatic rings. The summed E-state index contributed by atoms with van der Waals surface area (Å²) in [5.74, 6) is 1.70. The van der Waals surface area contributed by atoms with Crippen molar-refractivity contribution in [1.82, 2.24) is 40.4 Å². The molecule has 13 heteroatoms. The van der Waals surface area contributed by atoms with E-state index in [2.05, 4.69) is 100 Å². The van der Waals surface area contributed by atoms with Gasteiger partial charge in [0.2, 0.25) is 5.91 Å². The maximum atomic E-state index is 13.7. The van der Waals surface area contributed by atoms with Crippen LogP contribution in [-0.2, 0) is 14.3 Å². The van der Waals surface area contributed by atoms with Crippen LogP contribution in [-0.4, -0.2) is 93.8 Å². The van der Waals surface area contributed by atoms with Gasteiger partial charge in [0.05, 0.1) is 50.1 Å². The van der Waals surface area contributed by atoms with E-state index < -0.39 is 18.2 Å². The van der Waals surface area contributed by atoms with Crippen molar-refractivity contribution in [2.45, 2.75) is 77.5 Å². The van der Waals surface area contributed by atoms with Gasteiger partial charge in [-0.25, -0.2) is 19.6 Å². The van der Waals surface area contributed by atoms with Crippen LogP contribution in [0.1, 0.15) is 77.1 Å². The first-order valence-corrected chi connectivity index (χ1v) is 20.0. The molecule has 2 saturated heterocycles. The number of alkyl carbamates (subject to hydrolysis) is 2. The van der Waals surface area contributed by atoms with Gasteiger partial charge in [-0.05, 0) is 71.5 Å². The van der Waals surface area contributed by atoms with Crippen LogP contribution in [0.25, 0.3) is 44.4 Å². The minimum absolute atomic E-state index is 0.0239. The molecule has 300 valence electrons. The zero-order valence-electron chi connectivity index (χ0n) is 33.7. The number of carbonyl (C=O) groups excluding carboxylic acids is 3. The van der Waals surface area contributed by atoms with Gasteiger partial charge in [0.15, 0.2) is 0 Å². The number of methoxy groups -OCH3 is 2. The maximum Gasteiger partial charge on any atom is 0.407 e. The Balaban J connectivity index is 1.08. The van der Waals surface area contributed by atoms with Crippen LogP contribution >= 0.6 is 0 Å². The monoisotopic (exact) mass is 774 g/mol. The Bertz CT molecular complexity index is 2190. The summed E-state index contributed by atoms with van der Waals surface area (Å²) in [6.45, 7) is 10.3. The second kappa shape index (κ2) is 17.2. The molecule has 4 atom stereocenters. The lowest BCUT2D eigenvalue weighted by Gasteiger charge is -2.30. The van der Waals surface area contributed by atoms with Gasteiger partial charge >= 0.3 is 12.2 Å². The van der Waals surface area contributed by atoms with Crippen molar-refractivity contribution in [3.8, 4) is 33.6 Å². The fourth-order valence-electron chi connectivity index (χ4n) is 8.35. The summed E-state index contributed by atoms with van der Waals surface area (Å²) in [6, 6.07) is 20.5. The molecule has 7 rings (SSSR count). The highest BCUT2D eigenvalue weighted by Gasteiger charge is 2.38. The number of nitrogens with one attached hydrogen (secondary N) is 4. The van der Waals surface area contributed by atoms with Gasteiger partial charge < -0.3 is 35.0 Å². The number of hydrogen-bond donors (Lipinski definition) is 4. The number of carbonyl (C=O) groups is 3. The van der Waals surface area contributed by atoms with Crippen LogP contribution in [0.5, 0.6) is 0 Å². The summed E-state index contributed by atoms with van der Waals surface area (Å²) < 4.78 is 9.67. The van der Waals surface area contributed by atoms with E-state index in [0.29, 0.717) is 6.54 Å². The number of benzene rings is 3. The third-order valence-electron chi connectivity index (χ3n) is 11.6. The molecule has 0 unspecified atom stereocenters. The minimum atomic E-state index is -0.690. The Morgan fingerprint density at radius 2 is 1.30 bits per heavy atom. The van der Waals surface area contributed by atoms with Crippen LogP contribution in [0.3, 0.4) is 0 Å². The van der Waals surface area contributed by atoms with Crippen molar-refractivity contribution >= 4 is 28.9 Å². The van der Waals surface area contributed by atoms with Crippen molar-refractivity contribution < 1.29 is 23.9 Å². The molecule has 2 fully saturated rings. The SMILES string of the molecule is COC(=O)N[C@H](C(=O)N1CCC[C@H]1c1ncc(-c2cccc3c(-c4ccc(-c5cnc([C@@H]6CCCN6C[C@@H](NC(=O)OC)C(C)C)[nH]5)cc4)cccc23)[nH]1)C(C)C. The molecule has 0 aliphatic carbocycles. The van der Waals surface area contributed by atoms with Crippen molar-refractivity contribution in [2.75, 3.05) is 33.9 Å². The molecule has 2 aromatic heterocycles. The van der Waals surface area contributed by atoms with Gasteiger partial charge in [0.25, 0.3) is 0 Å². The van der Waals surface area contributed by atoms with Gasteiger partial charge in [0, 0.05) is 24.7 Å². The molecule has 57 heavy (non-hydrogen) atoms. The number of imidazole rings is 2. The number of aromatic nitrogens is 4. The highest BCUT2D eigenvalue weighted by molar-refractivity contribution is 6.04. The summed E-state index contributed by atoms with van der Waals surface area (Å²) in [5, 5.41) is 7.94. The molecular weight excluding hydrogens is 721 g/mol. The fourth-order valence-corrected chi connectivity index (χ4v) is 8.35. The molecule has 0 bridgehead atoms. The molecule has 13 nitrogen and oxygen atoms in total. The van der Waals surface area contributed by atoms with E-state index in [0.717, 1.165) is 94.8 Å². The summed E-state index contributed by atoms with van der Waals surface area (Å²) >= 11 is 0. The van der Waals surface area contributed by atoms with E-state index in [1.165, 1.54) is 14.2 Å². The van der Waals surface area contributed by atoms with E-state index >= 15 is 0 Å². The van der Waals surface area contributed by atoms with Crippen LogP contribution in [0.4, 0.5) is 9.59 Å². The van der Waals surface area contributed by atoms with E-state index in [9.17, 15) is 14.4 Å². The molecule has 2 aliphatic rings. The summed E-state index contributed by atoms with van der Waals surface area (Å²) in [7, 11) is 2.70. The Morgan fingerprint density at radius 1 is 0.719 bits per heavy atom. The quantitative estimate of drug-likeness (QED) is 0.0999. The zero-order chi connectivity index (χ0) is 40.2. The third kappa shape index (κ3) is 8.39. The van der Waals surface area contributed by atoms with E-state index in [4.69, 9.17) is 19.4 Å². The minimum Gasteiger partial charge on any atom is -0.453 e. The first kappa shape index (κ1) is 39.5. The van der Waals surface area contributed by atoms with Gasteiger partial charge in [-0.15, -0.1) is 0 Å². The van der Waals surface area contributed by atoms with E-state index in [1.807, 2.05) is 31.1 Å². The number of aromatic amines is 2. The Hall–Kier alpha value is -5.69. The fraction of sp³-hybridized carbons (Fsp3) is 0.432. The Kier molecular flexibility index (Phi) is 11.9. The number of likely N-dealkylation sites (tertiary alicyclic amines) is 2. The maximum absolute atomic E-state index is 13.7. The van der Waals surface area contributed by atoms with Gasteiger partial charge in [-0.2, -0.15) is 0 Å². The first-order valence-electron chi connectivity index (χ1n) is 20.0. The average molecular weight is 775 g/mol. The predicted octanol–water partition coefficient (Wildman–Crippen LogP) is 7.85. The second-order valence-corrected chi connectivity index (χ2v) is 15.8. The van der Waals surface area contributed by atoms with E-state index in [-0.39, 0.29) is 35.9 Å². The van der Waals surface area contributed by atoms with Crippen molar-refractivity contribution in [3.05, 3.63) is 84.7 Å². The number of ether oxygens (including phenoxy) is 2. The first-order chi connectivity index (χ1) is 27.6. The number of H-pyrrole nitrogens is 2. The second-order valence-electron chi connectivity index (χ2n) is 15.8. The number of nitrogens with zero attached hydrogens (tertiary/aromatic N) is 4. The van der Waals surface area contributed by atoms with Crippen molar-refractivity contribution in [1.29, 1.82) is 0 Å². The Morgan fingerprint density at radius 3 is 1.98 bits per heavy atom. The lowest BCUT2D eigenvalue weighted by molar-refractivity contribution is -0.135. The molecule has 0 saturated carbocycles. The Labute approximate surface area is 333 Å². The van der Waals surface area contributed by atoms with Crippen molar-refractivity contribution in [3.63, 3.8) is 0 Å². The lowest BCUT2D eigenvalue weighted by atomic mass is 9.94. The number of hydrogen-bond acceptors (Lipinski definition) is 8. The van der Waals surface area contributed by atoms with Crippen LogP contribution < -0.4 is 10.6 Å². The smallest absolute Gasteiger partial charge is 0.407 e. The predicted molar refractivity (Wildman–Crippen MR) is 220 cm³/mol. The van der Waals surface area contributed by atoms with Crippen LogP contribution in [0.2, 0.25) is 0 Å². The topological polar surface area (TPSA) is 158 Å². The third-order valence-corrected chi connectivity index (χ3v) is 11.6. The van der Waals surface area contributed by atoms with Crippen LogP contribution in [0.15, 0.2) is 73.1 Å². The largest absolute Gasteiger partial charge is 0.453 e. The van der Waals surface area contributed by atoms with E-state index in [1.54, 1.807) is 0 Å². The van der Waals surface area contributed by atoms with Gasteiger partial charge in [-0.1, -0.05) is 88.4 Å². The number of fused-ring (bicyclic) bond motifs is 1. The summed E-state index contributed by atoms with van der Waals surface area (Å²) in [5.41, 5.74) is 6.16. The van der Waals surface area contributed by atoms with Crippen molar-refractivity contribution in [2.24, 2.45) is 11.8 Å². The lowest BCUT2D eigenvalue weighted by Crippen LogP contribution is -2.51. The van der Waals surface area contributed by atoms with Gasteiger partial charge in [-0.3, -0.25) is 9.69 Å². The molecule has 2 aliphatic heterocycles. The molecule has 0 spiro atoms. The normalized spacial score (nSPS) is 18.3. The summed E-state index contributed by atoms with van der Waals surface area (Å²) in [6.07, 6.45) is 6.46. The number of amides is 3. The molecule has 3 amide bonds. The number of rotatable bonds is 12. The van der Waals surface area contributed by atoms with Gasteiger partial charge in [0.1, 0.15) is 17.7 Å². The highest BCUT2D eigenvalue weighted by Crippen LogP contribution is 2.38. The molecule has 4 heterocycles. The summed E-state index contributed by atoms with van der Waals surface area (Å²) in [4.78, 5) is 58.7. The average Bonchev–Trinajstić information content (AvgIpc) is 4.06. The van der Waals surface area contributed by atoms with Crippen LogP contribution in [0, 0.1) is 11.8 Å². The standard InChI is InChI=1S/C44H54N8O5/c1-26(2)36(49-43(54)56-5)25-51-21-9-15-37(51)40-45-23-34(47-40)29-19-17-28(18-20-29)30-11-7-13-32-31(30)12-8-14-33(32)35-24-46-41(48-35)38-16-10-22-52(38)42(53)39(27(3)4)50-44(55)57-6/h7-8,11-14,17-20,23-24,26-27,36-39H,9-10,15-16,21-22,25H2,1-6H3,(H,45,47)(H,46,48)(H,49,54)(H,50,55)/t36-,37+,38+,39+/m1/s1. The molecule has 0 radical (unpaired) electrons. The molecule has 3 aromatic carbocycles. The molecule has 4 N–H and O–H groups in total.